The first-order chi connectivity index (χ1) is 18.0. The molecule has 1 N–H and O–H groups in total. The van der Waals surface area contributed by atoms with Crippen LogP contribution in [0.25, 0.3) is 5.57 Å². The van der Waals surface area contributed by atoms with Gasteiger partial charge in [-0.05, 0) is 65.2 Å². The van der Waals surface area contributed by atoms with E-state index in [1.54, 1.807) is 31.4 Å². The van der Waals surface area contributed by atoms with Crippen LogP contribution in [0.15, 0.2) is 109 Å². The molecule has 0 saturated carbocycles. The molecule has 6 nitrogen and oxygen atoms in total. The Bertz CT molecular complexity index is 1460. The molecule has 0 saturated heterocycles. The number of imide groups is 1. The lowest BCUT2D eigenvalue weighted by atomic mass is 9.88. The zero-order valence-electron chi connectivity index (χ0n) is 20.6. The third-order valence-electron chi connectivity index (χ3n) is 6.21. The molecule has 0 atom stereocenters. The van der Waals surface area contributed by atoms with Crippen molar-refractivity contribution in [1.29, 1.82) is 0 Å². The minimum Gasteiger partial charge on any atom is -0.497 e. The van der Waals surface area contributed by atoms with Crippen molar-refractivity contribution in [2.45, 2.75) is 6.54 Å². The molecule has 184 valence electrons. The van der Waals surface area contributed by atoms with Crippen LogP contribution < -0.4 is 14.8 Å². The summed E-state index contributed by atoms with van der Waals surface area (Å²) in [7, 11) is 3.47. The minimum absolute atomic E-state index is 0.358. The number of para-hydroxylation sites is 1. The quantitative estimate of drug-likeness (QED) is 0.354. The van der Waals surface area contributed by atoms with E-state index in [0.717, 1.165) is 22.3 Å². The molecule has 0 aromatic heterocycles. The zero-order chi connectivity index (χ0) is 25.8. The topological polar surface area (TPSA) is 67.9 Å². The van der Waals surface area contributed by atoms with Crippen molar-refractivity contribution in [3.8, 4) is 17.2 Å². The van der Waals surface area contributed by atoms with Gasteiger partial charge >= 0.3 is 0 Å². The molecule has 0 unspecified atom stereocenters. The molecule has 37 heavy (non-hydrogen) atoms. The monoisotopic (exact) mass is 490 g/mol. The maximum atomic E-state index is 13.6. The van der Waals surface area contributed by atoms with E-state index < -0.39 is 11.8 Å². The zero-order valence-corrected chi connectivity index (χ0v) is 20.6. The maximum absolute atomic E-state index is 13.6. The van der Waals surface area contributed by atoms with E-state index >= 15 is 0 Å². The molecule has 0 radical (unpaired) electrons. The molecule has 6 heteroatoms. The van der Waals surface area contributed by atoms with E-state index in [2.05, 4.69) is 5.32 Å². The molecule has 0 bridgehead atoms. The van der Waals surface area contributed by atoms with Crippen LogP contribution in [0.1, 0.15) is 27.0 Å². The Balaban J connectivity index is 1.44. The van der Waals surface area contributed by atoms with Crippen LogP contribution >= 0.6 is 0 Å². The highest BCUT2D eigenvalue weighted by Crippen LogP contribution is 2.37. The van der Waals surface area contributed by atoms with Crippen molar-refractivity contribution in [3.63, 3.8) is 0 Å². The SMILES string of the molecule is COc1ccc2c(c1)C(c1ccccc1)=C(C(=O)NC(=O)c1ccc(Oc3ccccc3)cc1)N(C)C2. The number of hydrogen-bond acceptors (Lipinski definition) is 5. The summed E-state index contributed by atoms with van der Waals surface area (Å²) in [6.45, 7) is 0.526. The summed E-state index contributed by atoms with van der Waals surface area (Å²) in [6.07, 6.45) is 0. The summed E-state index contributed by atoms with van der Waals surface area (Å²) in [5.74, 6) is 1.05. The van der Waals surface area contributed by atoms with Gasteiger partial charge in [0.25, 0.3) is 11.8 Å². The lowest BCUT2D eigenvalue weighted by Crippen LogP contribution is -2.39. The molecule has 2 amide bonds. The van der Waals surface area contributed by atoms with Crippen molar-refractivity contribution in [2.24, 2.45) is 0 Å². The molecule has 1 heterocycles. The third kappa shape index (κ3) is 5.09. The molecule has 5 rings (SSSR count). The third-order valence-corrected chi connectivity index (χ3v) is 6.21. The van der Waals surface area contributed by atoms with Crippen LogP contribution in [0.3, 0.4) is 0 Å². The number of nitrogens with zero attached hydrogens (tertiary/aromatic N) is 1. The van der Waals surface area contributed by atoms with Crippen molar-refractivity contribution in [1.82, 2.24) is 10.2 Å². The first-order valence-corrected chi connectivity index (χ1v) is 11.9. The summed E-state index contributed by atoms with van der Waals surface area (Å²) < 4.78 is 11.3. The molecule has 4 aromatic carbocycles. The molecule has 0 fully saturated rings. The number of amides is 2. The van der Waals surface area contributed by atoms with Gasteiger partial charge < -0.3 is 14.4 Å². The second-order valence-electron chi connectivity index (χ2n) is 8.69. The Morgan fingerprint density at radius 3 is 2.05 bits per heavy atom. The molecule has 0 aliphatic carbocycles. The van der Waals surface area contributed by atoms with Gasteiger partial charge in [0.15, 0.2) is 0 Å². The van der Waals surface area contributed by atoms with Gasteiger partial charge in [-0.15, -0.1) is 0 Å². The average molecular weight is 491 g/mol. The van der Waals surface area contributed by atoms with E-state index in [1.165, 1.54) is 0 Å². The van der Waals surface area contributed by atoms with Crippen LogP contribution in [0.5, 0.6) is 17.2 Å². The van der Waals surface area contributed by atoms with Crippen molar-refractivity contribution in [2.75, 3.05) is 14.2 Å². The number of rotatable bonds is 6. The normalized spacial score (nSPS) is 12.5. The van der Waals surface area contributed by atoms with Crippen LogP contribution in [0.2, 0.25) is 0 Å². The molecule has 1 aliphatic heterocycles. The molecule has 0 spiro atoms. The number of carbonyl (C=O) groups is 2. The fourth-order valence-electron chi connectivity index (χ4n) is 4.42. The number of carbonyl (C=O) groups excluding carboxylic acids is 2. The van der Waals surface area contributed by atoms with Gasteiger partial charge in [-0.1, -0.05) is 54.6 Å². The second kappa shape index (κ2) is 10.4. The standard InChI is InChI=1S/C31H26N2O4/c1-33-20-23-15-18-26(36-2)19-27(23)28(21-9-5-3-6-10-21)29(33)31(35)32-30(34)22-13-16-25(17-14-22)37-24-11-7-4-8-12-24/h3-19H,20H2,1-2H3,(H,32,34,35). The minimum atomic E-state index is -0.485. The van der Waals surface area contributed by atoms with Gasteiger partial charge in [-0.2, -0.15) is 0 Å². The predicted octanol–water partition coefficient (Wildman–Crippen LogP) is 5.65. The van der Waals surface area contributed by atoms with Crippen molar-refractivity contribution < 1.29 is 19.1 Å². The first kappa shape index (κ1) is 23.9. The summed E-state index contributed by atoms with van der Waals surface area (Å²) >= 11 is 0. The lowest BCUT2D eigenvalue weighted by Gasteiger charge is -2.32. The fourth-order valence-corrected chi connectivity index (χ4v) is 4.42. The molecular weight excluding hydrogens is 464 g/mol. The van der Waals surface area contributed by atoms with Gasteiger partial charge in [0.1, 0.15) is 22.9 Å². The number of fused-ring (bicyclic) bond motifs is 1. The Kier molecular flexibility index (Phi) is 6.72. The van der Waals surface area contributed by atoms with Gasteiger partial charge in [0.05, 0.1) is 7.11 Å². The Morgan fingerprint density at radius 2 is 1.38 bits per heavy atom. The van der Waals surface area contributed by atoms with Gasteiger partial charge in [0, 0.05) is 24.7 Å². The highest BCUT2D eigenvalue weighted by Gasteiger charge is 2.29. The fraction of sp³-hybridized carbons (Fsp3) is 0.0968. The van der Waals surface area contributed by atoms with Gasteiger partial charge in [0.2, 0.25) is 0 Å². The van der Waals surface area contributed by atoms with E-state index in [9.17, 15) is 9.59 Å². The molecule has 1 aliphatic rings. The highest BCUT2D eigenvalue weighted by molar-refractivity contribution is 6.14. The summed E-state index contributed by atoms with van der Waals surface area (Å²) in [4.78, 5) is 28.5. The van der Waals surface area contributed by atoms with E-state index in [0.29, 0.717) is 35.1 Å². The second-order valence-corrected chi connectivity index (χ2v) is 8.69. The average Bonchev–Trinajstić information content (AvgIpc) is 2.93. The number of benzene rings is 4. The first-order valence-electron chi connectivity index (χ1n) is 11.9. The van der Waals surface area contributed by atoms with Gasteiger partial charge in [-0.25, -0.2) is 0 Å². The number of ether oxygens (including phenoxy) is 2. The predicted molar refractivity (Wildman–Crippen MR) is 142 cm³/mol. The largest absolute Gasteiger partial charge is 0.497 e. The Morgan fingerprint density at radius 1 is 0.757 bits per heavy atom. The van der Waals surface area contributed by atoms with E-state index in [1.807, 2.05) is 90.8 Å². The smallest absolute Gasteiger partial charge is 0.275 e. The molecular formula is C31H26N2O4. The maximum Gasteiger partial charge on any atom is 0.275 e. The molecule has 4 aromatic rings. The van der Waals surface area contributed by atoms with Crippen LogP contribution in [-0.4, -0.2) is 30.9 Å². The summed E-state index contributed by atoms with van der Waals surface area (Å²) in [6, 6.07) is 31.6. The lowest BCUT2D eigenvalue weighted by molar-refractivity contribution is -0.118. The number of hydrogen-bond donors (Lipinski definition) is 1. The number of methoxy groups -OCH3 is 1. The van der Waals surface area contributed by atoms with E-state index in [-0.39, 0.29) is 0 Å². The Labute approximate surface area is 215 Å². The number of likely N-dealkylation sites (N-methyl/N-ethyl adjacent to an activating group) is 1. The summed E-state index contributed by atoms with van der Waals surface area (Å²) in [5.41, 5.74) is 4.38. The van der Waals surface area contributed by atoms with E-state index in [4.69, 9.17) is 9.47 Å². The number of nitrogens with one attached hydrogen (secondary N) is 1. The van der Waals surface area contributed by atoms with Crippen LogP contribution in [0.4, 0.5) is 0 Å². The van der Waals surface area contributed by atoms with Crippen LogP contribution in [0, 0.1) is 0 Å². The van der Waals surface area contributed by atoms with Gasteiger partial charge in [-0.3, -0.25) is 14.9 Å². The van der Waals surface area contributed by atoms with Crippen molar-refractivity contribution >= 4 is 17.4 Å². The van der Waals surface area contributed by atoms with Crippen LogP contribution in [-0.2, 0) is 11.3 Å². The summed E-state index contributed by atoms with van der Waals surface area (Å²) in [5, 5.41) is 2.58. The highest BCUT2D eigenvalue weighted by atomic mass is 16.5. The Hall–Kier alpha value is -4.84. The van der Waals surface area contributed by atoms with Crippen molar-refractivity contribution in [3.05, 3.63) is 131 Å².